The van der Waals surface area contributed by atoms with Crippen LogP contribution in [0.1, 0.15) is 5.56 Å². The van der Waals surface area contributed by atoms with Crippen LogP contribution in [0.15, 0.2) is 102 Å². The SMILES string of the molecule is O=C(Nc1ccccc1)C(Cc1ccccc1)NS(=O)(=O)c1cccc2cccnc12. The van der Waals surface area contributed by atoms with Crippen LogP contribution >= 0.6 is 0 Å². The zero-order valence-electron chi connectivity index (χ0n) is 16.6. The number of aromatic nitrogens is 1. The molecular formula is C24H21N3O3S. The maximum Gasteiger partial charge on any atom is 0.243 e. The van der Waals surface area contributed by atoms with Gasteiger partial charge in [-0.1, -0.05) is 66.7 Å². The highest BCUT2D eigenvalue weighted by Crippen LogP contribution is 2.21. The van der Waals surface area contributed by atoms with Crippen LogP contribution in [0.2, 0.25) is 0 Å². The number of para-hydroxylation sites is 2. The summed E-state index contributed by atoms with van der Waals surface area (Å²) >= 11 is 0. The van der Waals surface area contributed by atoms with Crippen molar-refractivity contribution in [3.63, 3.8) is 0 Å². The number of hydrogen-bond donors (Lipinski definition) is 2. The van der Waals surface area contributed by atoms with Gasteiger partial charge in [-0.25, -0.2) is 8.42 Å². The maximum absolute atomic E-state index is 13.3. The molecule has 7 heteroatoms. The molecule has 4 rings (SSSR count). The number of sulfonamides is 1. The number of hydrogen-bond acceptors (Lipinski definition) is 4. The highest BCUT2D eigenvalue weighted by molar-refractivity contribution is 7.89. The van der Waals surface area contributed by atoms with Crippen LogP contribution in [0, 0.1) is 0 Å². The van der Waals surface area contributed by atoms with E-state index in [1.54, 1.807) is 54.7 Å². The van der Waals surface area contributed by atoms with Gasteiger partial charge < -0.3 is 5.32 Å². The van der Waals surface area contributed by atoms with Crippen LogP contribution in [-0.2, 0) is 21.2 Å². The lowest BCUT2D eigenvalue weighted by Gasteiger charge is -2.19. The van der Waals surface area contributed by atoms with E-state index in [-0.39, 0.29) is 11.3 Å². The minimum Gasteiger partial charge on any atom is -0.325 e. The van der Waals surface area contributed by atoms with Gasteiger partial charge in [0.05, 0.1) is 5.52 Å². The fourth-order valence-electron chi connectivity index (χ4n) is 3.33. The van der Waals surface area contributed by atoms with Gasteiger partial charge in [0.15, 0.2) is 0 Å². The molecule has 0 aliphatic rings. The molecule has 0 radical (unpaired) electrons. The van der Waals surface area contributed by atoms with Crippen molar-refractivity contribution in [2.24, 2.45) is 0 Å². The first-order chi connectivity index (χ1) is 15.0. The Morgan fingerprint density at radius 1 is 0.839 bits per heavy atom. The van der Waals surface area contributed by atoms with Crippen LogP contribution in [0.5, 0.6) is 0 Å². The molecule has 0 bridgehead atoms. The van der Waals surface area contributed by atoms with E-state index in [9.17, 15) is 13.2 Å². The normalized spacial score (nSPS) is 12.4. The third kappa shape index (κ3) is 4.96. The zero-order valence-corrected chi connectivity index (χ0v) is 17.4. The molecule has 1 heterocycles. The van der Waals surface area contributed by atoms with E-state index in [4.69, 9.17) is 0 Å². The predicted octanol–water partition coefficient (Wildman–Crippen LogP) is 3.76. The van der Waals surface area contributed by atoms with Crippen molar-refractivity contribution in [1.82, 2.24) is 9.71 Å². The Balaban J connectivity index is 1.66. The smallest absolute Gasteiger partial charge is 0.243 e. The number of anilines is 1. The number of nitrogens with zero attached hydrogens (tertiary/aromatic N) is 1. The average molecular weight is 432 g/mol. The van der Waals surface area contributed by atoms with Crippen molar-refractivity contribution in [3.05, 3.63) is 103 Å². The zero-order chi connectivity index (χ0) is 21.7. The highest BCUT2D eigenvalue weighted by atomic mass is 32.2. The molecule has 0 fully saturated rings. The summed E-state index contributed by atoms with van der Waals surface area (Å²) in [6, 6.07) is 25.7. The van der Waals surface area contributed by atoms with Gasteiger partial charge in [0, 0.05) is 17.3 Å². The first kappa shape index (κ1) is 20.7. The number of fused-ring (bicyclic) bond motifs is 1. The molecule has 2 N–H and O–H groups in total. The molecule has 156 valence electrons. The van der Waals surface area contributed by atoms with Crippen molar-refractivity contribution < 1.29 is 13.2 Å². The Morgan fingerprint density at radius 3 is 2.26 bits per heavy atom. The van der Waals surface area contributed by atoms with Gasteiger partial charge >= 0.3 is 0 Å². The molecule has 1 amide bonds. The molecule has 1 aromatic heterocycles. The Labute approximate surface area is 181 Å². The Hall–Kier alpha value is -3.55. The summed E-state index contributed by atoms with van der Waals surface area (Å²) in [5, 5.41) is 3.50. The molecule has 0 saturated carbocycles. The molecule has 4 aromatic rings. The van der Waals surface area contributed by atoms with E-state index in [2.05, 4.69) is 15.0 Å². The summed E-state index contributed by atoms with van der Waals surface area (Å²) in [7, 11) is -4.02. The molecule has 0 saturated heterocycles. The number of rotatable bonds is 7. The van der Waals surface area contributed by atoms with E-state index in [1.807, 2.05) is 36.4 Å². The van der Waals surface area contributed by atoms with Crippen molar-refractivity contribution in [2.75, 3.05) is 5.32 Å². The fourth-order valence-corrected chi connectivity index (χ4v) is 4.71. The molecule has 1 atom stereocenters. The maximum atomic E-state index is 13.3. The third-order valence-corrected chi connectivity index (χ3v) is 6.33. The van der Waals surface area contributed by atoms with Crippen molar-refractivity contribution >= 4 is 32.5 Å². The standard InChI is InChI=1S/C24H21N3O3S/c28-24(26-20-13-5-2-6-14-20)21(17-18-9-3-1-4-10-18)27-31(29,30)22-15-7-11-19-12-8-16-25-23(19)22/h1-16,21,27H,17H2,(H,26,28). The first-order valence-corrected chi connectivity index (χ1v) is 11.3. The second-order valence-corrected chi connectivity index (χ2v) is 8.73. The van der Waals surface area contributed by atoms with Gasteiger partial charge in [-0.2, -0.15) is 4.72 Å². The number of amides is 1. The average Bonchev–Trinajstić information content (AvgIpc) is 2.79. The van der Waals surface area contributed by atoms with Crippen LogP contribution < -0.4 is 10.0 Å². The van der Waals surface area contributed by atoms with Gasteiger partial charge in [-0.05, 0) is 36.2 Å². The van der Waals surface area contributed by atoms with Crippen LogP contribution in [-0.4, -0.2) is 25.4 Å². The van der Waals surface area contributed by atoms with Crippen LogP contribution in [0.4, 0.5) is 5.69 Å². The predicted molar refractivity (Wildman–Crippen MR) is 121 cm³/mol. The monoisotopic (exact) mass is 431 g/mol. The second-order valence-electron chi connectivity index (χ2n) is 7.05. The summed E-state index contributed by atoms with van der Waals surface area (Å²) in [5.41, 5.74) is 1.80. The number of nitrogens with one attached hydrogen (secondary N) is 2. The summed E-state index contributed by atoms with van der Waals surface area (Å²) in [6.45, 7) is 0. The molecule has 1 unspecified atom stereocenters. The summed E-state index contributed by atoms with van der Waals surface area (Å²) < 4.78 is 29.1. The summed E-state index contributed by atoms with van der Waals surface area (Å²) in [4.78, 5) is 17.3. The highest BCUT2D eigenvalue weighted by Gasteiger charge is 2.27. The summed E-state index contributed by atoms with van der Waals surface area (Å²) in [5.74, 6) is -0.438. The summed E-state index contributed by atoms with van der Waals surface area (Å²) in [6.07, 6.45) is 1.75. The molecule has 0 spiro atoms. The van der Waals surface area contributed by atoms with E-state index in [0.717, 1.165) is 5.56 Å². The molecular weight excluding hydrogens is 410 g/mol. The Morgan fingerprint density at radius 2 is 1.52 bits per heavy atom. The molecule has 31 heavy (non-hydrogen) atoms. The molecule has 0 aliphatic heterocycles. The quantitative estimate of drug-likeness (QED) is 0.466. The Kier molecular flexibility index (Phi) is 6.06. The van der Waals surface area contributed by atoms with E-state index in [0.29, 0.717) is 16.6 Å². The number of pyridine rings is 1. The van der Waals surface area contributed by atoms with Gasteiger partial charge in [0.25, 0.3) is 0 Å². The Bertz CT molecular complexity index is 1290. The molecule has 6 nitrogen and oxygen atoms in total. The number of benzene rings is 3. The number of carbonyl (C=O) groups excluding carboxylic acids is 1. The lowest BCUT2D eigenvalue weighted by Crippen LogP contribution is -2.45. The lowest BCUT2D eigenvalue weighted by atomic mass is 10.1. The van der Waals surface area contributed by atoms with E-state index < -0.39 is 22.0 Å². The van der Waals surface area contributed by atoms with E-state index in [1.165, 1.54) is 6.07 Å². The number of carbonyl (C=O) groups is 1. The van der Waals surface area contributed by atoms with Gasteiger partial charge in [-0.3, -0.25) is 9.78 Å². The van der Waals surface area contributed by atoms with Crippen LogP contribution in [0.25, 0.3) is 10.9 Å². The van der Waals surface area contributed by atoms with E-state index >= 15 is 0 Å². The largest absolute Gasteiger partial charge is 0.325 e. The fraction of sp³-hybridized carbons (Fsp3) is 0.0833. The van der Waals surface area contributed by atoms with Crippen LogP contribution in [0.3, 0.4) is 0 Å². The first-order valence-electron chi connectivity index (χ1n) is 9.79. The third-order valence-electron chi connectivity index (χ3n) is 4.82. The second kappa shape index (κ2) is 9.07. The molecule has 3 aromatic carbocycles. The van der Waals surface area contributed by atoms with Gasteiger partial charge in [0.2, 0.25) is 15.9 Å². The van der Waals surface area contributed by atoms with Crippen molar-refractivity contribution in [1.29, 1.82) is 0 Å². The minimum absolute atomic E-state index is 0.0381. The van der Waals surface area contributed by atoms with Gasteiger partial charge in [0.1, 0.15) is 10.9 Å². The van der Waals surface area contributed by atoms with Crippen molar-refractivity contribution in [3.8, 4) is 0 Å². The van der Waals surface area contributed by atoms with Gasteiger partial charge in [-0.15, -0.1) is 0 Å². The molecule has 0 aliphatic carbocycles. The van der Waals surface area contributed by atoms with Crippen molar-refractivity contribution in [2.45, 2.75) is 17.4 Å². The minimum atomic E-state index is -4.02. The topological polar surface area (TPSA) is 88.2 Å². The lowest BCUT2D eigenvalue weighted by molar-refractivity contribution is -0.117.